The number of aryl methyl sites for hydroxylation is 1. The van der Waals surface area contributed by atoms with Crippen molar-refractivity contribution in [3.63, 3.8) is 0 Å². The highest BCUT2D eigenvalue weighted by Crippen LogP contribution is 2.23. The van der Waals surface area contributed by atoms with Crippen LogP contribution < -0.4 is 20.7 Å². The number of anilines is 3. The summed E-state index contributed by atoms with van der Waals surface area (Å²) in [7, 11) is 0. The van der Waals surface area contributed by atoms with Gasteiger partial charge in [-0.3, -0.25) is 9.59 Å². The predicted molar refractivity (Wildman–Crippen MR) is 120 cm³/mol. The molecule has 0 saturated carbocycles. The maximum atomic E-state index is 12.3. The topological polar surface area (TPSA) is 79.5 Å². The summed E-state index contributed by atoms with van der Waals surface area (Å²) in [6.45, 7) is 3.81. The highest BCUT2D eigenvalue weighted by atomic mass is 16.5. The third kappa shape index (κ3) is 6.10. The molecule has 0 saturated heterocycles. The number of nitrogens with one attached hydrogen (secondary N) is 3. The van der Waals surface area contributed by atoms with Gasteiger partial charge in [0, 0.05) is 23.5 Å². The molecule has 154 valence electrons. The zero-order chi connectivity index (χ0) is 21.3. The lowest BCUT2D eigenvalue weighted by Gasteiger charge is -2.12. The average Bonchev–Trinajstić information content (AvgIpc) is 2.76. The summed E-state index contributed by atoms with van der Waals surface area (Å²) in [5, 5.41) is 8.76. The van der Waals surface area contributed by atoms with E-state index in [9.17, 15) is 9.59 Å². The summed E-state index contributed by atoms with van der Waals surface area (Å²) >= 11 is 0. The van der Waals surface area contributed by atoms with Gasteiger partial charge in [-0.1, -0.05) is 31.2 Å². The third-order valence-corrected chi connectivity index (χ3v) is 4.40. The number of carbonyl (C=O) groups excluding carboxylic acids is 2. The van der Waals surface area contributed by atoms with Crippen molar-refractivity contribution in [3.05, 3.63) is 78.4 Å². The van der Waals surface area contributed by atoms with Crippen LogP contribution in [0.4, 0.5) is 17.1 Å². The Balaban J connectivity index is 1.52. The third-order valence-electron chi connectivity index (χ3n) is 4.40. The Morgan fingerprint density at radius 1 is 0.800 bits per heavy atom. The van der Waals surface area contributed by atoms with Crippen LogP contribution in [0.25, 0.3) is 0 Å². The van der Waals surface area contributed by atoms with Crippen molar-refractivity contribution in [3.8, 4) is 11.5 Å². The molecule has 0 aromatic heterocycles. The van der Waals surface area contributed by atoms with E-state index in [2.05, 4.69) is 16.0 Å². The molecule has 0 aliphatic rings. The van der Waals surface area contributed by atoms with Crippen LogP contribution in [-0.2, 0) is 9.59 Å². The maximum absolute atomic E-state index is 12.3. The molecule has 3 N–H and O–H groups in total. The molecule has 0 radical (unpaired) electrons. The molecule has 6 heteroatoms. The SMILES string of the molecule is CCC(=O)Nc1cc(NC(=O)CNc2ccc(Oc3ccccc3)cc2)ccc1C. The van der Waals surface area contributed by atoms with Crippen molar-refractivity contribution in [1.82, 2.24) is 0 Å². The average molecular weight is 403 g/mol. The fourth-order valence-corrected chi connectivity index (χ4v) is 2.73. The molecule has 0 aliphatic heterocycles. The van der Waals surface area contributed by atoms with Crippen LogP contribution in [0.3, 0.4) is 0 Å². The minimum absolute atomic E-state index is 0.0667. The molecule has 0 unspecified atom stereocenters. The molecule has 0 aliphatic carbocycles. The molecule has 30 heavy (non-hydrogen) atoms. The smallest absolute Gasteiger partial charge is 0.243 e. The Morgan fingerprint density at radius 3 is 2.17 bits per heavy atom. The lowest BCUT2D eigenvalue weighted by molar-refractivity contribution is -0.116. The second kappa shape index (κ2) is 10.1. The largest absolute Gasteiger partial charge is 0.457 e. The van der Waals surface area contributed by atoms with E-state index in [-0.39, 0.29) is 18.4 Å². The predicted octanol–water partition coefficient (Wildman–Crippen LogP) is 5.19. The molecule has 0 bridgehead atoms. The van der Waals surface area contributed by atoms with Crippen molar-refractivity contribution < 1.29 is 14.3 Å². The fourth-order valence-electron chi connectivity index (χ4n) is 2.73. The Morgan fingerprint density at radius 2 is 1.47 bits per heavy atom. The number of hydrogen-bond acceptors (Lipinski definition) is 4. The van der Waals surface area contributed by atoms with E-state index in [0.29, 0.717) is 17.8 Å². The first kappa shape index (κ1) is 20.9. The van der Waals surface area contributed by atoms with E-state index >= 15 is 0 Å². The van der Waals surface area contributed by atoms with Gasteiger partial charge in [0.25, 0.3) is 0 Å². The van der Waals surface area contributed by atoms with E-state index in [1.807, 2.05) is 73.7 Å². The van der Waals surface area contributed by atoms with Crippen molar-refractivity contribution in [1.29, 1.82) is 0 Å². The zero-order valence-electron chi connectivity index (χ0n) is 17.1. The van der Waals surface area contributed by atoms with Gasteiger partial charge in [-0.05, 0) is 61.0 Å². The molecular weight excluding hydrogens is 378 g/mol. The highest BCUT2D eigenvalue weighted by molar-refractivity contribution is 5.96. The van der Waals surface area contributed by atoms with Crippen molar-refractivity contribution in [2.45, 2.75) is 20.3 Å². The Bertz CT molecular complexity index is 1000. The molecular formula is C24H25N3O3. The minimum atomic E-state index is -0.184. The van der Waals surface area contributed by atoms with Crippen molar-refractivity contribution in [2.75, 3.05) is 22.5 Å². The van der Waals surface area contributed by atoms with Crippen LogP contribution >= 0.6 is 0 Å². The Kier molecular flexibility index (Phi) is 7.05. The van der Waals surface area contributed by atoms with Crippen molar-refractivity contribution in [2.24, 2.45) is 0 Å². The number of carbonyl (C=O) groups is 2. The molecule has 3 rings (SSSR count). The van der Waals surface area contributed by atoms with Crippen LogP contribution in [0.1, 0.15) is 18.9 Å². The van der Waals surface area contributed by atoms with Gasteiger partial charge in [-0.2, -0.15) is 0 Å². The number of rotatable bonds is 8. The van der Waals surface area contributed by atoms with E-state index in [1.54, 1.807) is 13.0 Å². The van der Waals surface area contributed by atoms with Gasteiger partial charge in [0.2, 0.25) is 11.8 Å². The van der Waals surface area contributed by atoms with E-state index in [4.69, 9.17) is 4.74 Å². The molecule has 6 nitrogen and oxygen atoms in total. The quantitative estimate of drug-likeness (QED) is 0.484. The van der Waals surface area contributed by atoms with Gasteiger partial charge < -0.3 is 20.7 Å². The lowest BCUT2D eigenvalue weighted by Crippen LogP contribution is -2.22. The summed E-state index contributed by atoms with van der Waals surface area (Å²) in [6.07, 6.45) is 0.398. The van der Waals surface area contributed by atoms with Crippen molar-refractivity contribution >= 4 is 28.9 Å². The number of hydrogen-bond donors (Lipinski definition) is 3. The van der Waals surface area contributed by atoms with Crippen LogP contribution in [0.2, 0.25) is 0 Å². The summed E-state index contributed by atoms with van der Waals surface area (Å²) in [4.78, 5) is 23.9. The van der Waals surface area contributed by atoms with Crippen LogP contribution in [-0.4, -0.2) is 18.4 Å². The first-order chi connectivity index (χ1) is 14.5. The number of ether oxygens (including phenoxy) is 1. The van der Waals surface area contributed by atoms with Gasteiger partial charge in [0.15, 0.2) is 0 Å². The van der Waals surface area contributed by atoms with Gasteiger partial charge >= 0.3 is 0 Å². The van der Waals surface area contributed by atoms with Crippen LogP contribution in [0, 0.1) is 6.92 Å². The summed E-state index contributed by atoms with van der Waals surface area (Å²) in [6, 6.07) is 22.4. The van der Waals surface area contributed by atoms with E-state index < -0.39 is 0 Å². The highest BCUT2D eigenvalue weighted by Gasteiger charge is 2.07. The van der Waals surface area contributed by atoms with Gasteiger partial charge in [0.05, 0.1) is 6.54 Å². The van der Waals surface area contributed by atoms with Crippen LogP contribution in [0.15, 0.2) is 72.8 Å². The Labute approximate surface area is 176 Å². The second-order valence-corrected chi connectivity index (χ2v) is 6.77. The van der Waals surface area contributed by atoms with Gasteiger partial charge in [-0.25, -0.2) is 0 Å². The fraction of sp³-hybridized carbons (Fsp3) is 0.167. The molecule has 0 heterocycles. The second-order valence-electron chi connectivity index (χ2n) is 6.77. The molecule has 0 atom stereocenters. The first-order valence-electron chi connectivity index (χ1n) is 9.80. The number of amides is 2. The molecule has 0 spiro atoms. The lowest BCUT2D eigenvalue weighted by atomic mass is 10.1. The zero-order valence-corrected chi connectivity index (χ0v) is 17.1. The normalized spacial score (nSPS) is 10.2. The molecule has 2 amide bonds. The van der Waals surface area contributed by atoms with E-state index in [0.717, 1.165) is 22.7 Å². The summed E-state index contributed by atoms with van der Waals surface area (Å²) in [5.74, 6) is 1.24. The van der Waals surface area contributed by atoms with Gasteiger partial charge in [0.1, 0.15) is 11.5 Å². The van der Waals surface area contributed by atoms with Gasteiger partial charge in [-0.15, -0.1) is 0 Å². The molecule has 3 aromatic carbocycles. The number of benzene rings is 3. The molecule has 3 aromatic rings. The first-order valence-corrected chi connectivity index (χ1v) is 9.80. The van der Waals surface area contributed by atoms with E-state index in [1.165, 1.54) is 0 Å². The molecule has 0 fully saturated rings. The maximum Gasteiger partial charge on any atom is 0.243 e. The monoisotopic (exact) mass is 403 g/mol. The standard InChI is InChI=1S/C24H25N3O3/c1-3-23(28)27-22-15-19(10-9-17(22)2)26-24(29)16-25-18-11-13-21(14-12-18)30-20-7-5-4-6-8-20/h4-15,25H,3,16H2,1-2H3,(H,26,29)(H,27,28). The summed E-state index contributed by atoms with van der Waals surface area (Å²) < 4.78 is 5.76. The minimum Gasteiger partial charge on any atom is -0.457 e. The van der Waals surface area contributed by atoms with Crippen LogP contribution in [0.5, 0.6) is 11.5 Å². The summed E-state index contributed by atoms with van der Waals surface area (Å²) in [5.41, 5.74) is 3.07. The number of para-hydroxylation sites is 1. The Hall–Kier alpha value is -3.80.